The van der Waals surface area contributed by atoms with Crippen LogP contribution in [0, 0.1) is 0 Å². The minimum atomic E-state index is -0.0651. The molecule has 0 saturated carbocycles. The fourth-order valence-corrected chi connectivity index (χ4v) is 2.11. The van der Waals surface area contributed by atoms with Gasteiger partial charge in [-0.1, -0.05) is 6.42 Å². The van der Waals surface area contributed by atoms with Crippen LogP contribution in [0.25, 0.3) is 0 Å². The van der Waals surface area contributed by atoms with E-state index in [1.54, 1.807) is 4.90 Å². The molecule has 0 unspecified atom stereocenters. The van der Waals surface area contributed by atoms with Crippen LogP contribution in [-0.2, 0) is 9.59 Å². The molecule has 0 spiro atoms. The van der Waals surface area contributed by atoms with Gasteiger partial charge in [-0.05, 0) is 19.4 Å². The lowest BCUT2D eigenvalue weighted by atomic mass is 10.0. The quantitative estimate of drug-likeness (QED) is 0.590. The molecule has 84 valence electrons. The zero-order valence-corrected chi connectivity index (χ0v) is 8.79. The van der Waals surface area contributed by atoms with Crippen LogP contribution in [0.15, 0.2) is 0 Å². The second kappa shape index (κ2) is 4.61. The summed E-state index contributed by atoms with van der Waals surface area (Å²) in [5, 5.41) is 5.92. The normalized spacial score (nSPS) is 27.3. The third-order valence-electron chi connectivity index (χ3n) is 2.96. The van der Waals surface area contributed by atoms with Gasteiger partial charge in [-0.3, -0.25) is 9.59 Å². The summed E-state index contributed by atoms with van der Waals surface area (Å²) in [5.41, 5.74) is 0. The number of nitrogens with one attached hydrogen (secondary N) is 2. The fraction of sp³-hybridized carbons (Fsp3) is 0.800. The van der Waals surface area contributed by atoms with E-state index in [2.05, 4.69) is 10.6 Å². The molecule has 1 atom stereocenters. The summed E-state index contributed by atoms with van der Waals surface area (Å²) in [7, 11) is 0. The van der Waals surface area contributed by atoms with Gasteiger partial charge in [0.15, 0.2) is 0 Å². The largest absolute Gasteiger partial charge is 0.353 e. The molecule has 2 N–H and O–H groups in total. The number of piperidine rings is 1. The van der Waals surface area contributed by atoms with Gasteiger partial charge in [0, 0.05) is 13.1 Å². The molecule has 2 fully saturated rings. The van der Waals surface area contributed by atoms with Crippen molar-refractivity contribution in [3.63, 3.8) is 0 Å². The highest BCUT2D eigenvalue weighted by Gasteiger charge is 2.28. The van der Waals surface area contributed by atoms with Crippen molar-refractivity contribution in [2.24, 2.45) is 0 Å². The lowest BCUT2D eigenvalue weighted by molar-refractivity contribution is -0.140. The Morgan fingerprint density at radius 1 is 1.33 bits per heavy atom. The summed E-state index contributed by atoms with van der Waals surface area (Å²) in [5.74, 6) is 0.0370. The molecule has 2 rings (SSSR count). The van der Waals surface area contributed by atoms with Crippen LogP contribution in [0.4, 0.5) is 0 Å². The van der Waals surface area contributed by atoms with Crippen molar-refractivity contribution >= 4 is 11.8 Å². The maximum Gasteiger partial charge on any atom is 0.240 e. The number of amides is 2. The first-order valence-corrected chi connectivity index (χ1v) is 5.56. The molecular weight excluding hydrogens is 194 g/mol. The number of hydrogen-bond donors (Lipinski definition) is 2. The average Bonchev–Trinajstić information content (AvgIpc) is 2.29. The van der Waals surface area contributed by atoms with Gasteiger partial charge in [0.05, 0.1) is 12.6 Å². The molecule has 15 heavy (non-hydrogen) atoms. The minimum Gasteiger partial charge on any atom is -0.353 e. The van der Waals surface area contributed by atoms with Crippen molar-refractivity contribution < 1.29 is 9.59 Å². The van der Waals surface area contributed by atoms with Gasteiger partial charge in [0.2, 0.25) is 11.8 Å². The summed E-state index contributed by atoms with van der Waals surface area (Å²) < 4.78 is 0. The van der Waals surface area contributed by atoms with Crippen LogP contribution in [0.1, 0.15) is 19.3 Å². The average molecular weight is 211 g/mol. The maximum absolute atomic E-state index is 12.0. The van der Waals surface area contributed by atoms with Gasteiger partial charge in [-0.2, -0.15) is 0 Å². The van der Waals surface area contributed by atoms with Crippen molar-refractivity contribution in [3.8, 4) is 0 Å². The van der Waals surface area contributed by atoms with Crippen LogP contribution in [0.5, 0.6) is 0 Å². The summed E-state index contributed by atoms with van der Waals surface area (Å²) >= 11 is 0. The first-order chi connectivity index (χ1) is 7.27. The molecule has 2 heterocycles. The third kappa shape index (κ3) is 2.47. The Morgan fingerprint density at radius 3 is 2.87 bits per heavy atom. The predicted molar refractivity (Wildman–Crippen MR) is 55.2 cm³/mol. The maximum atomic E-state index is 12.0. The number of hydrogen-bond acceptors (Lipinski definition) is 3. The molecular formula is C10H17N3O2. The Morgan fingerprint density at radius 2 is 2.20 bits per heavy atom. The Balaban J connectivity index is 1.90. The first kappa shape index (κ1) is 10.4. The van der Waals surface area contributed by atoms with E-state index in [9.17, 15) is 9.59 Å². The zero-order chi connectivity index (χ0) is 10.7. The van der Waals surface area contributed by atoms with Crippen molar-refractivity contribution in [1.29, 1.82) is 0 Å². The molecule has 5 nitrogen and oxygen atoms in total. The molecule has 2 aliphatic rings. The molecule has 0 radical (unpaired) electrons. The van der Waals surface area contributed by atoms with Crippen LogP contribution in [-0.4, -0.2) is 48.9 Å². The van der Waals surface area contributed by atoms with Crippen LogP contribution in [0.3, 0.4) is 0 Å². The van der Waals surface area contributed by atoms with Crippen LogP contribution < -0.4 is 10.6 Å². The topological polar surface area (TPSA) is 61.4 Å². The van der Waals surface area contributed by atoms with Crippen molar-refractivity contribution in [1.82, 2.24) is 15.5 Å². The summed E-state index contributed by atoms with van der Waals surface area (Å²) in [4.78, 5) is 24.8. The molecule has 5 heteroatoms. The Kier molecular flexibility index (Phi) is 3.20. The predicted octanol–water partition coefficient (Wildman–Crippen LogP) is -0.913. The standard InChI is InChI=1S/C10H17N3O2/c14-9-7-13(6-5-12-9)10(15)8-3-1-2-4-11-8/h8,11H,1-7H2,(H,12,14)/t8-/m1/s1. The van der Waals surface area contributed by atoms with E-state index in [1.165, 1.54) is 0 Å². The Labute approximate surface area is 89.2 Å². The van der Waals surface area contributed by atoms with Gasteiger partial charge < -0.3 is 15.5 Å². The molecule has 2 amide bonds. The minimum absolute atomic E-state index is 0.0505. The van der Waals surface area contributed by atoms with E-state index in [4.69, 9.17) is 0 Å². The molecule has 2 aliphatic heterocycles. The highest BCUT2D eigenvalue weighted by molar-refractivity contribution is 5.88. The van der Waals surface area contributed by atoms with E-state index < -0.39 is 0 Å². The monoisotopic (exact) mass is 211 g/mol. The zero-order valence-electron chi connectivity index (χ0n) is 8.79. The van der Waals surface area contributed by atoms with Gasteiger partial charge in [-0.15, -0.1) is 0 Å². The van der Waals surface area contributed by atoms with E-state index in [1.807, 2.05) is 0 Å². The summed E-state index contributed by atoms with van der Waals surface area (Å²) in [6.07, 6.45) is 3.14. The number of piperazine rings is 1. The van der Waals surface area contributed by atoms with Gasteiger partial charge in [0.25, 0.3) is 0 Å². The smallest absolute Gasteiger partial charge is 0.240 e. The number of carbonyl (C=O) groups excluding carboxylic acids is 2. The number of carbonyl (C=O) groups is 2. The summed E-state index contributed by atoms with van der Waals surface area (Å²) in [6.45, 7) is 2.35. The fourth-order valence-electron chi connectivity index (χ4n) is 2.11. The van der Waals surface area contributed by atoms with Crippen molar-refractivity contribution in [2.45, 2.75) is 25.3 Å². The molecule has 2 saturated heterocycles. The second-order valence-electron chi connectivity index (χ2n) is 4.11. The Bertz CT molecular complexity index is 261. The van der Waals surface area contributed by atoms with E-state index >= 15 is 0 Å². The first-order valence-electron chi connectivity index (χ1n) is 5.56. The molecule has 0 aromatic carbocycles. The molecule has 0 aromatic rings. The summed E-state index contributed by atoms with van der Waals surface area (Å²) in [6, 6.07) is -0.0651. The number of rotatable bonds is 1. The van der Waals surface area contributed by atoms with Crippen LogP contribution in [0.2, 0.25) is 0 Å². The molecule has 0 bridgehead atoms. The molecule has 0 aliphatic carbocycles. The van der Waals surface area contributed by atoms with Crippen molar-refractivity contribution in [3.05, 3.63) is 0 Å². The SMILES string of the molecule is O=C1CN(C(=O)[C@H]2CCCCN2)CCN1. The lowest BCUT2D eigenvalue weighted by Gasteiger charge is -2.32. The third-order valence-corrected chi connectivity index (χ3v) is 2.96. The van der Waals surface area contributed by atoms with E-state index in [0.717, 1.165) is 25.8 Å². The van der Waals surface area contributed by atoms with E-state index in [-0.39, 0.29) is 24.4 Å². The molecule has 0 aromatic heterocycles. The van der Waals surface area contributed by atoms with Gasteiger partial charge in [-0.25, -0.2) is 0 Å². The number of nitrogens with zero attached hydrogens (tertiary/aromatic N) is 1. The highest BCUT2D eigenvalue weighted by Crippen LogP contribution is 2.10. The Hall–Kier alpha value is -1.10. The highest BCUT2D eigenvalue weighted by atomic mass is 16.2. The van der Waals surface area contributed by atoms with E-state index in [0.29, 0.717) is 13.1 Å². The second-order valence-corrected chi connectivity index (χ2v) is 4.11. The van der Waals surface area contributed by atoms with Gasteiger partial charge in [0.1, 0.15) is 0 Å². The van der Waals surface area contributed by atoms with Crippen molar-refractivity contribution in [2.75, 3.05) is 26.2 Å². The van der Waals surface area contributed by atoms with Crippen LogP contribution >= 0.6 is 0 Å². The lowest BCUT2D eigenvalue weighted by Crippen LogP contribution is -2.55. The van der Waals surface area contributed by atoms with Gasteiger partial charge >= 0.3 is 0 Å².